The van der Waals surface area contributed by atoms with Crippen LogP contribution in [-0.2, 0) is 50.5 Å². The van der Waals surface area contributed by atoms with Crippen LogP contribution in [0.15, 0.2) is 0 Å². The van der Waals surface area contributed by atoms with Gasteiger partial charge in [0.05, 0.1) is 0 Å². The molecule has 0 aliphatic heterocycles. The summed E-state index contributed by atoms with van der Waals surface area (Å²) in [7, 11) is 0. The molecular weight excluding hydrogens is 854 g/mol. The fraction of sp³-hybridized carbons (Fsp3) is 0. The molecule has 0 atom stereocenters. The molecule has 0 amide bonds. The molecule has 16 heteroatoms. The summed E-state index contributed by atoms with van der Waals surface area (Å²) < 4.78 is 0. The van der Waals surface area contributed by atoms with E-state index in [4.69, 9.17) is 39.6 Å². The van der Waals surface area contributed by atoms with Crippen molar-refractivity contribution < 1.29 is 39.6 Å². The standard InChI is InChI=1S/4CH2O2S.4Ba/c4*2-1(3)4;;;;/h4*4H,(H,2,3);;;;/q;;;;4*+2/p-8. The molecule has 20 heavy (non-hydrogen) atoms. The minimum Gasteiger partial charge on any atom is -0.764 e. The molecule has 0 rings (SSSR count). The first-order valence-corrected chi connectivity index (χ1v) is 4.08. The number of carbonyl (C=O) groups is 4. The van der Waals surface area contributed by atoms with Crippen LogP contribution in [0, 0.1) is 0 Å². The van der Waals surface area contributed by atoms with Gasteiger partial charge >= 0.3 is 196 Å². The first-order valence-electron chi connectivity index (χ1n) is 2.45. The Labute approximate surface area is 298 Å². The molecular formula is C4Ba4O8S4. The summed E-state index contributed by atoms with van der Waals surface area (Å²) in [6.07, 6.45) is 0. The number of hydrogen-bond acceptors (Lipinski definition) is 12. The number of carbonyl (C=O) groups excluding carboxylic acids is 4. The maximum absolute atomic E-state index is 8.70. The van der Waals surface area contributed by atoms with Gasteiger partial charge in [-0.2, -0.15) is 0 Å². The number of rotatable bonds is 0. The first-order chi connectivity index (χ1) is 6.93. The van der Waals surface area contributed by atoms with Gasteiger partial charge in [0.25, 0.3) is 0 Å². The van der Waals surface area contributed by atoms with Gasteiger partial charge < -0.3 is 90.1 Å². The Bertz CT molecular complexity index is 179. The van der Waals surface area contributed by atoms with Crippen LogP contribution in [0.5, 0.6) is 0 Å². The predicted molar refractivity (Wildman–Crippen MR) is 74.1 cm³/mol. The second-order valence-electron chi connectivity index (χ2n) is 1.00. The van der Waals surface area contributed by atoms with Crippen molar-refractivity contribution in [3.05, 3.63) is 0 Å². The van der Waals surface area contributed by atoms with Gasteiger partial charge in [-0.05, 0) is 0 Å². The molecule has 0 spiro atoms. The van der Waals surface area contributed by atoms with Gasteiger partial charge in [-0.25, -0.2) is 0 Å². The Kier molecular flexibility index (Phi) is 110. The van der Waals surface area contributed by atoms with Crippen LogP contribution < -0.4 is 20.4 Å². The Morgan fingerprint density at radius 3 is 0.450 bits per heavy atom. The molecule has 0 heterocycles. The second kappa shape index (κ2) is 44.0. The van der Waals surface area contributed by atoms with Crippen LogP contribution in [0.3, 0.4) is 0 Å². The second-order valence-corrected chi connectivity index (χ2v) is 2.33. The third kappa shape index (κ3) is 440. The van der Waals surface area contributed by atoms with Gasteiger partial charge in [0, 0.05) is 0 Å². The third-order valence-electron chi connectivity index (χ3n) is 0. The van der Waals surface area contributed by atoms with Crippen molar-refractivity contribution >= 4 is 267 Å². The molecule has 0 N–H and O–H groups in total. The van der Waals surface area contributed by atoms with Crippen LogP contribution in [0.25, 0.3) is 0 Å². The summed E-state index contributed by atoms with van der Waals surface area (Å²) in [4.78, 5) is 34.8. The number of hydrogen-bond donors (Lipinski definition) is 0. The zero-order valence-electron chi connectivity index (χ0n) is 9.73. The summed E-state index contributed by atoms with van der Waals surface area (Å²) in [5, 5.41) is 28.8. The monoisotopic (exact) mass is 855 g/mol. The average Bonchev–Trinajstić information content (AvgIpc) is 1.76. The molecule has 0 aromatic heterocycles. The first kappa shape index (κ1) is 49.8. The topological polar surface area (TPSA) is 161 Å². The molecule has 0 fully saturated rings. The van der Waals surface area contributed by atoms with Crippen LogP contribution in [0.4, 0.5) is 19.2 Å². The SMILES string of the molecule is O=C([O-])[S-].O=C([O-])[S-].O=C([O-])[S-].O=C([O-])[S-].[Ba+2].[Ba+2].[Ba+2].[Ba+2]. The van der Waals surface area contributed by atoms with E-state index in [1.807, 2.05) is 0 Å². The fourth-order valence-electron chi connectivity index (χ4n) is 0. The minimum absolute atomic E-state index is 0. The van der Waals surface area contributed by atoms with E-state index in [-0.39, 0.29) is 196 Å². The van der Waals surface area contributed by atoms with Crippen LogP contribution in [-0.4, -0.2) is 217 Å². The summed E-state index contributed by atoms with van der Waals surface area (Å²) in [6.45, 7) is 0. The van der Waals surface area contributed by atoms with E-state index in [1.54, 1.807) is 0 Å². The average molecular weight is 854 g/mol. The van der Waals surface area contributed by atoms with E-state index < -0.39 is 21.2 Å². The van der Waals surface area contributed by atoms with E-state index in [9.17, 15) is 0 Å². The van der Waals surface area contributed by atoms with Gasteiger partial charge in [0.2, 0.25) is 0 Å². The maximum atomic E-state index is 8.70. The van der Waals surface area contributed by atoms with Gasteiger partial charge in [-0.3, -0.25) is 0 Å². The summed E-state index contributed by atoms with van der Waals surface area (Å²) >= 11 is 13.7. The van der Waals surface area contributed by atoms with Crippen molar-refractivity contribution in [2.75, 3.05) is 0 Å². The van der Waals surface area contributed by atoms with Crippen LogP contribution in [0.2, 0.25) is 0 Å². The molecule has 0 aliphatic rings. The van der Waals surface area contributed by atoms with Crippen molar-refractivity contribution in [2.24, 2.45) is 0 Å². The smallest absolute Gasteiger partial charge is 0.764 e. The molecule has 0 unspecified atom stereocenters. The van der Waals surface area contributed by atoms with Crippen molar-refractivity contribution in [1.29, 1.82) is 0 Å². The van der Waals surface area contributed by atoms with Gasteiger partial charge in [0.15, 0.2) is 0 Å². The Hall–Kier alpha value is 5.05. The van der Waals surface area contributed by atoms with E-state index in [0.717, 1.165) is 0 Å². The van der Waals surface area contributed by atoms with E-state index in [0.29, 0.717) is 0 Å². The van der Waals surface area contributed by atoms with E-state index >= 15 is 0 Å². The Balaban J connectivity index is -0.0000000150. The Morgan fingerprint density at radius 2 is 0.450 bits per heavy atom. The molecule has 0 saturated heterocycles. The van der Waals surface area contributed by atoms with Crippen LogP contribution >= 0.6 is 0 Å². The van der Waals surface area contributed by atoms with E-state index in [1.165, 1.54) is 0 Å². The zero-order chi connectivity index (χ0) is 14.3. The molecule has 8 nitrogen and oxygen atoms in total. The molecule has 0 radical (unpaired) electrons. The van der Waals surface area contributed by atoms with E-state index in [2.05, 4.69) is 50.5 Å². The van der Waals surface area contributed by atoms with Crippen LogP contribution in [0.1, 0.15) is 0 Å². The van der Waals surface area contributed by atoms with Crippen molar-refractivity contribution in [2.45, 2.75) is 0 Å². The summed E-state index contributed by atoms with van der Waals surface area (Å²) in [5.74, 6) is 0. The largest absolute Gasteiger partial charge is 2.00 e. The van der Waals surface area contributed by atoms with Gasteiger partial charge in [0.1, 0.15) is 0 Å². The fourth-order valence-corrected chi connectivity index (χ4v) is 0. The maximum Gasteiger partial charge on any atom is 2.00 e. The predicted octanol–water partition coefficient (Wildman–Crippen LogP) is -6.02. The molecule has 0 bridgehead atoms. The summed E-state index contributed by atoms with van der Waals surface area (Å²) in [6, 6.07) is 0. The van der Waals surface area contributed by atoms with Gasteiger partial charge in [-0.1, -0.05) is 21.2 Å². The third-order valence-corrected chi connectivity index (χ3v) is 0. The molecule has 96 valence electrons. The Morgan fingerprint density at radius 1 is 0.450 bits per heavy atom. The number of carboxylic acid groups (broad SMARTS) is 4. The minimum atomic E-state index is -1.50. The normalized spacial score (nSPS) is 4.80. The molecule has 0 aromatic rings. The molecule has 0 aliphatic carbocycles. The molecule has 0 aromatic carbocycles. The quantitative estimate of drug-likeness (QED) is 0.168. The van der Waals surface area contributed by atoms with Crippen molar-refractivity contribution in [3.8, 4) is 0 Å². The summed E-state index contributed by atoms with van der Waals surface area (Å²) in [5.41, 5.74) is 0. The van der Waals surface area contributed by atoms with Gasteiger partial charge in [-0.15, -0.1) is 0 Å². The molecule has 0 saturated carbocycles. The zero-order valence-corrected chi connectivity index (χ0v) is 30.8. The van der Waals surface area contributed by atoms with Crippen molar-refractivity contribution in [1.82, 2.24) is 0 Å². The van der Waals surface area contributed by atoms with Crippen molar-refractivity contribution in [3.63, 3.8) is 0 Å².